The molecule has 2 saturated heterocycles. The summed E-state index contributed by atoms with van der Waals surface area (Å²) < 4.78 is 50.2. The summed E-state index contributed by atoms with van der Waals surface area (Å²) in [6, 6.07) is 0. The first-order chi connectivity index (χ1) is 10.3. The van der Waals surface area contributed by atoms with E-state index >= 15 is 0 Å². The van der Waals surface area contributed by atoms with E-state index in [1.165, 1.54) is 4.90 Å². The maximum Gasteiger partial charge on any atom is 0.400 e. The molecule has 4 atom stereocenters. The number of carbonyl (C=O) groups is 1. The predicted octanol–water partition coefficient (Wildman–Crippen LogP) is 1.02. The minimum atomic E-state index is -4.58. The average Bonchev–Trinajstić information content (AvgIpc) is 2.85. The van der Waals surface area contributed by atoms with Crippen molar-refractivity contribution < 1.29 is 27.4 Å². The Morgan fingerprint density at radius 2 is 2.09 bits per heavy atom. The quantitative estimate of drug-likeness (QED) is 0.839. The Hall–Kier alpha value is -0.860. The molecule has 2 rings (SSSR count). The summed E-state index contributed by atoms with van der Waals surface area (Å²) in [6.45, 7) is 3.65. The van der Waals surface area contributed by atoms with Crippen LogP contribution in [0.2, 0.25) is 0 Å². The normalized spacial score (nSPS) is 31.3. The van der Waals surface area contributed by atoms with Gasteiger partial charge in [0.15, 0.2) is 0 Å². The fourth-order valence-corrected chi connectivity index (χ4v) is 3.05. The van der Waals surface area contributed by atoms with Crippen molar-refractivity contribution in [1.29, 1.82) is 0 Å². The first kappa shape index (κ1) is 17.5. The van der Waals surface area contributed by atoms with Gasteiger partial charge < -0.3 is 20.1 Å². The Kier molecular flexibility index (Phi) is 5.68. The van der Waals surface area contributed by atoms with Crippen LogP contribution in [0.5, 0.6) is 0 Å². The van der Waals surface area contributed by atoms with E-state index in [-0.39, 0.29) is 31.5 Å². The highest BCUT2D eigenvalue weighted by atomic mass is 19.4. The van der Waals surface area contributed by atoms with Gasteiger partial charge in [0, 0.05) is 13.1 Å². The zero-order chi connectivity index (χ0) is 16.3. The van der Waals surface area contributed by atoms with Crippen LogP contribution < -0.4 is 5.73 Å². The summed E-state index contributed by atoms with van der Waals surface area (Å²) in [5.41, 5.74) is 5.60. The molecule has 2 aliphatic rings. The van der Waals surface area contributed by atoms with Crippen LogP contribution in [0.3, 0.4) is 0 Å². The van der Waals surface area contributed by atoms with Crippen LogP contribution in [-0.4, -0.2) is 62.5 Å². The number of nitrogens with zero attached hydrogens (tertiary/aromatic N) is 1. The third-order valence-corrected chi connectivity index (χ3v) is 4.46. The molecule has 2 heterocycles. The van der Waals surface area contributed by atoms with Crippen LogP contribution in [0.15, 0.2) is 0 Å². The molecule has 0 spiro atoms. The SMILES string of the molecule is CC1CN(C(=O)C(CC2COCCO2)C(F)(F)F)CC1CN. The zero-order valence-corrected chi connectivity index (χ0v) is 12.6. The third kappa shape index (κ3) is 4.11. The summed E-state index contributed by atoms with van der Waals surface area (Å²) >= 11 is 0. The number of hydrogen-bond donors (Lipinski definition) is 1. The fraction of sp³-hybridized carbons (Fsp3) is 0.929. The fourth-order valence-electron chi connectivity index (χ4n) is 3.05. The van der Waals surface area contributed by atoms with Gasteiger partial charge in [-0.2, -0.15) is 13.2 Å². The Morgan fingerprint density at radius 1 is 1.36 bits per heavy atom. The van der Waals surface area contributed by atoms with E-state index < -0.39 is 24.1 Å². The van der Waals surface area contributed by atoms with E-state index in [0.717, 1.165) is 0 Å². The highest BCUT2D eigenvalue weighted by Crippen LogP contribution is 2.34. The maximum absolute atomic E-state index is 13.3. The molecule has 1 amide bonds. The molecule has 0 saturated carbocycles. The number of amides is 1. The van der Waals surface area contributed by atoms with Gasteiger partial charge in [-0.05, 0) is 24.8 Å². The molecule has 0 aromatic rings. The molecule has 2 aliphatic heterocycles. The number of likely N-dealkylation sites (tertiary alicyclic amines) is 1. The molecule has 4 unspecified atom stereocenters. The number of rotatable bonds is 4. The number of carbonyl (C=O) groups excluding carboxylic acids is 1. The summed E-state index contributed by atoms with van der Waals surface area (Å²) in [5.74, 6) is -2.73. The molecule has 5 nitrogen and oxygen atoms in total. The smallest absolute Gasteiger partial charge is 0.376 e. The Morgan fingerprint density at radius 3 is 2.59 bits per heavy atom. The summed E-state index contributed by atoms with van der Waals surface area (Å²) in [7, 11) is 0. The summed E-state index contributed by atoms with van der Waals surface area (Å²) in [5, 5.41) is 0. The van der Waals surface area contributed by atoms with E-state index in [9.17, 15) is 18.0 Å². The van der Waals surface area contributed by atoms with Crippen LogP contribution in [0.25, 0.3) is 0 Å². The largest absolute Gasteiger partial charge is 0.400 e. The Bertz CT molecular complexity index is 386. The van der Waals surface area contributed by atoms with Crippen molar-refractivity contribution in [1.82, 2.24) is 4.90 Å². The molecule has 2 fully saturated rings. The summed E-state index contributed by atoms with van der Waals surface area (Å²) in [6.07, 6.45) is -5.66. The maximum atomic E-state index is 13.3. The first-order valence-electron chi connectivity index (χ1n) is 7.57. The molecular formula is C14H23F3N2O3. The first-order valence-corrected chi connectivity index (χ1v) is 7.57. The topological polar surface area (TPSA) is 64.8 Å². The minimum Gasteiger partial charge on any atom is -0.376 e. The van der Waals surface area contributed by atoms with Crippen LogP contribution in [0.1, 0.15) is 13.3 Å². The lowest BCUT2D eigenvalue weighted by molar-refractivity contribution is -0.200. The highest BCUT2D eigenvalue weighted by molar-refractivity contribution is 5.80. The lowest BCUT2D eigenvalue weighted by Gasteiger charge is -2.30. The van der Waals surface area contributed by atoms with Gasteiger partial charge in [0.1, 0.15) is 5.92 Å². The van der Waals surface area contributed by atoms with Crippen molar-refractivity contribution in [2.24, 2.45) is 23.5 Å². The van der Waals surface area contributed by atoms with E-state index in [1.807, 2.05) is 6.92 Å². The number of alkyl halides is 3. The van der Waals surface area contributed by atoms with Gasteiger partial charge >= 0.3 is 6.18 Å². The molecule has 22 heavy (non-hydrogen) atoms. The van der Waals surface area contributed by atoms with Crippen molar-refractivity contribution in [3.05, 3.63) is 0 Å². The highest BCUT2D eigenvalue weighted by Gasteiger charge is 2.49. The molecule has 128 valence electrons. The van der Waals surface area contributed by atoms with Gasteiger partial charge in [-0.25, -0.2) is 0 Å². The number of nitrogens with two attached hydrogens (primary N) is 1. The molecular weight excluding hydrogens is 301 g/mol. The predicted molar refractivity (Wildman–Crippen MR) is 73.0 cm³/mol. The van der Waals surface area contributed by atoms with Crippen molar-refractivity contribution >= 4 is 5.91 Å². The third-order valence-electron chi connectivity index (χ3n) is 4.46. The van der Waals surface area contributed by atoms with Crippen molar-refractivity contribution in [2.45, 2.75) is 25.6 Å². The van der Waals surface area contributed by atoms with Crippen molar-refractivity contribution in [3.63, 3.8) is 0 Å². The van der Waals surface area contributed by atoms with Crippen molar-refractivity contribution in [2.75, 3.05) is 39.5 Å². The molecule has 8 heteroatoms. The Labute approximate surface area is 127 Å². The van der Waals surface area contributed by atoms with Gasteiger partial charge in [0.2, 0.25) is 5.91 Å². The van der Waals surface area contributed by atoms with E-state index in [2.05, 4.69) is 0 Å². The van der Waals surface area contributed by atoms with Crippen LogP contribution in [0.4, 0.5) is 13.2 Å². The van der Waals surface area contributed by atoms with Crippen molar-refractivity contribution in [3.8, 4) is 0 Å². The van der Waals surface area contributed by atoms with Gasteiger partial charge in [-0.3, -0.25) is 4.79 Å². The molecule has 0 bridgehead atoms. The second-order valence-corrected chi connectivity index (χ2v) is 6.11. The molecule has 0 aliphatic carbocycles. The standard InChI is InChI=1S/C14H23F3N2O3/c1-9-6-19(7-10(9)5-18)13(20)12(14(15,16)17)4-11-8-21-2-3-22-11/h9-12H,2-8,18H2,1H3. The zero-order valence-electron chi connectivity index (χ0n) is 12.6. The molecule has 0 aromatic heterocycles. The number of halogens is 3. The minimum absolute atomic E-state index is 0.0621. The van der Waals surface area contributed by atoms with E-state index in [4.69, 9.17) is 15.2 Å². The lowest BCUT2D eigenvalue weighted by atomic mass is 9.99. The van der Waals surface area contributed by atoms with E-state index in [0.29, 0.717) is 26.2 Å². The van der Waals surface area contributed by atoms with Crippen LogP contribution in [0, 0.1) is 17.8 Å². The van der Waals surface area contributed by atoms with Crippen LogP contribution in [-0.2, 0) is 14.3 Å². The molecule has 2 N–H and O–H groups in total. The van der Waals surface area contributed by atoms with Gasteiger partial charge in [0.05, 0.1) is 25.9 Å². The lowest BCUT2D eigenvalue weighted by Crippen LogP contribution is -2.45. The Balaban J connectivity index is 2.03. The van der Waals surface area contributed by atoms with Crippen LogP contribution >= 0.6 is 0 Å². The van der Waals surface area contributed by atoms with Gasteiger partial charge in [-0.15, -0.1) is 0 Å². The number of hydrogen-bond acceptors (Lipinski definition) is 4. The number of ether oxygens (including phenoxy) is 2. The second-order valence-electron chi connectivity index (χ2n) is 6.11. The van der Waals surface area contributed by atoms with Gasteiger partial charge in [0.25, 0.3) is 0 Å². The monoisotopic (exact) mass is 324 g/mol. The molecule has 0 radical (unpaired) electrons. The molecule has 0 aromatic carbocycles. The second kappa shape index (κ2) is 7.14. The summed E-state index contributed by atoms with van der Waals surface area (Å²) in [4.78, 5) is 13.6. The average molecular weight is 324 g/mol. The van der Waals surface area contributed by atoms with E-state index in [1.54, 1.807) is 0 Å². The van der Waals surface area contributed by atoms with Gasteiger partial charge in [-0.1, -0.05) is 6.92 Å².